The minimum atomic E-state index is -0.521. The average molecular weight is 313 g/mol. The van der Waals surface area contributed by atoms with E-state index in [-0.39, 0.29) is 36.3 Å². The molecule has 21 heavy (non-hydrogen) atoms. The lowest BCUT2D eigenvalue weighted by Crippen LogP contribution is -2.44. The van der Waals surface area contributed by atoms with Crippen LogP contribution in [0.5, 0.6) is 0 Å². The van der Waals surface area contributed by atoms with E-state index >= 15 is 0 Å². The molecule has 4 nitrogen and oxygen atoms in total. The number of nitrogens with zero attached hydrogens (tertiary/aromatic N) is 1. The molecule has 1 aromatic rings. The molecule has 0 radical (unpaired) electrons. The van der Waals surface area contributed by atoms with E-state index in [2.05, 4.69) is 5.32 Å². The number of nitrogens with one attached hydrogen (secondary N) is 1. The second kappa shape index (κ2) is 6.89. The lowest BCUT2D eigenvalue weighted by molar-refractivity contribution is -0.134. The summed E-state index contributed by atoms with van der Waals surface area (Å²) in [5, 5.41) is 2.76. The first-order chi connectivity index (χ1) is 10.0. The van der Waals surface area contributed by atoms with E-state index in [0.29, 0.717) is 12.0 Å². The summed E-state index contributed by atoms with van der Waals surface area (Å²) in [5.41, 5.74) is 0.362. The van der Waals surface area contributed by atoms with Gasteiger partial charge in [0, 0.05) is 25.1 Å². The van der Waals surface area contributed by atoms with Crippen molar-refractivity contribution in [3.8, 4) is 0 Å². The Hall–Kier alpha value is -1.62. The molecule has 1 saturated heterocycles. The van der Waals surface area contributed by atoms with Gasteiger partial charge in [0.05, 0.1) is 5.02 Å². The monoisotopic (exact) mass is 312 g/mol. The summed E-state index contributed by atoms with van der Waals surface area (Å²) >= 11 is 5.76. The molecule has 1 aliphatic heterocycles. The van der Waals surface area contributed by atoms with Crippen LogP contribution in [0.2, 0.25) is 5.02 Å². The average Bonchev–Trinajstić information content (AvgIpc) is 2.58. The van der Waals surface area contributed by atoms with Gasteiger partial charge < -0.3 is 10.2 Å². The Labute approximate surface area is 128 Å². The first-order valence-electron chi connectivity index (χ1n) is 7.04. The maximum absolute atomic E-state index is 14.0. The van der Waals surface area contributed by atoms with Crippen molar-refractivity contribution >= 4 is 23.4 Å². The highest BCUT2D eigenvalue weighted by Gasteiger charge is 2.29. The van der Waals surface area contributed by atoms with Gasteiger partial charge in [0.1, 0.15) is 11.9 Å². The summed E-state index contributed by atoms with van der Waals surface area (Å²) in [4.78, 5) is 25.6. The molecule has 2 amide bonds. The van der Waals surface area contributed by atoms with Crippen molar-refractivity contribution in [2.45, 2.75) is 38.8 Å². The molecule has 1 unspecified atom stereocenters. The van der Waals surface area contributed by atoms with Gasteiger partial charge in [0.2, 0.25) is 11.8 Å². The first-order valence-corrected chi connectivity index (χ1v) is 7.41. The third-order valence-corrected chi connectivity index (χ3v) is 3.82. The van der Waals surface area contributed by atoms with E-state index in [1.807, 2.05) is 6.92 Å². The fourth-order valence-electron chi connectivity index (χ4n) is 2.41. The number of amides is 2. The zero-order valence-electron chi connectivity index (χ0n) is 11.9. The highest BCUT2D eigenvalue weighted by molar-refractivity contribution is 6.30. The van der Waals surface area contributed by atoms with Gasteiger partial charge in [-0.05, 0) is 12.5 Å². The van der Waals surface area contributed by atoms with Crippen molar-refractivity contribution in [2.24, 2.45) is 0 Å². The zero-order chi connectivity index (χ0) is 15.4. The largest absolute Gasteiger partial charge is 0.344 e. The summed E-state index contributed by atoms with van der Waals surface area (Å²) in [6.45, 7) is 2.36. The quantitative estimate of drug-likeness (QED) is 0.928. The number of hydrogen-bond donors (Lipinski definition) is 1. The number of benzene rings is 1. The van der Waals surface area contributed by atoms with Crippen molar-refractivity contribution in [1.29, 1.82) is 0 Å². The first kappa shape index (κ1) is 15.8. The predicted octanol–water partition coefficient (Wildman–Crippen LogP) is 2.50. The van der Waals surface area contributed by atoms with Gasteiger partial charge in [-0.1, -0.05) is 37.1 Å². The Bertz CT molecular complexity index is 550. The third kappa shape index (κ3) is 3.73. The summed E-state index contributed by atoms with van der Waals surface area (Å²) < 4.78 is 14.0. The summed E-state index contributed by atoms with van der Waals surface area (Å²) in [7, 11) is 0. The second-order valence-corrected chi connectivity index (χ2v) is 5.54. The van der Waals surface area contributed by atoms with Crippen molar-refractivity contribution in [3.05, 3.63) is 34.6 Å². The van der Waals surface area contributed by atoms with Gasteiger partial charge in [-0.15, -0.1) is 0 Å². The van der Waals surface area contributed by atoms with Crippen LogP contribution >= 0.6 is 11.6 Å². The molecule has 0 spiro atoms. The van der Waals surface area contributed by atoms with Crippen LogP contribution in [0.4, 0.5) is 4.39 Å². The number of carbonyl (C=O) groups excluding carboxylic acids is 2. The summed E-state index contributed by atoms with van der Waals surface area (Å²) in [6.07, 6.45) is 1.60. The minimum Gasteiger partial charge on any atom is -0.344 e. The van der Waals surface area contributed by atoms with Crippen LogP contribution < -0.4 is 5.32 Å². The van der Waals surface area contributed by atoms with Crippen molar-refractivity contribution in [3.63, 3.8) is 0 Å². The molecule has 1 aromatic carbocycles. The topological polar surface area (TPSA) is 49.4 Å². The predicted molar refractivity (Wildman–Crippen MR) is 78.3 cm³/mol. The molecule has 1 aliphatic rings. The maximum atomic E-state index is 14.0. The van der Waals surface area contributed by atoms with Gasteiger partial charge in [-0.2, -0.15) is 0 Å². The Morgan fingerprint density at radius 1 is 1.43 bits per heavy atom. The highest BCUT2D eigenvalue weighted by Crippen LogP contribution is 2.20. The summed E-state index contributed by atoms with van der Waals surface area (Å²) in [6, 6.07) is 4.20. The molecule has 114 valence electrons. The molecule has 0 bridgehead atoms. The van der Waals surface area contributed by atoms with E-state index in [1.54, 1.807) is 12.1 Å². The smallest absolute Gasteiger partial charge is 0.245 e. The number of carbonyl (C=O) groups is 2. The van der Waals surface area contributed by atoms with Crippen LogP contribution in [-0.4, -0.2) is 29.3 Å². The van der Waals surface area contributed by atoms with Crippen LogP contribution in [0.1, 0.15) is 31.7 Å². The molecular weight excluding hydrogens is 295 g/mol. The SMILES string of the molecule is CCCC1NC(=O)CCN(Cc2cccc(Cl)c2F)C1=O. The second-order valence-electron chi connectivity index (χ2n) is 5.13. The maximum Gasteiger partial charge on any atom is 0.245 e. The van der Waals surface area contributed by atoms with Gasteiger partial charge in [0.15, 0.2) is 0 Å². The van der Waals surface area contributed by atoms with Crippen molar-refractivity contribution < 1.29 is 14.0 Å². The van der Waals surface area contributed by atoms with E-state index < -0.39 is 11.9 Å². The van der Waals surface area contributed by atoms with Crippen LogP contribution in [0.3, 0.4) is 0 Å². The van der Waals surface area contributed by atoms with Crippen LogP contribution in [0, 0.1) is 5.82 Å². The molecule has 0 aliphatic carbocycles. The Kier molecular flexibility index (Phi) is 5.17. The molecule has 2 rings (SSSR count). The van der Waals surface area contributed by atoms with Gasteiger partial charge in [0.25, 0.3) is 0 Å². The standard InChI is InChI=1S/C15H18ClFN2O2/c1-2-4-12-15(21)19(8-7-13(20)18-12)9-10-5-3-6-11(16)14(10)17/h3,5-6,12H,2,4,7-9H2,1H3,(H,18,20). The third-order valence-electron chi connectivity index (χ3n) is 3.52. The number of hydrogen-bond acceptors (Lipinski definition) is 2. The normalized spacial score (nSPS) is 19.4. The van der Waals surface area contributed by atoms with Crippen LogP contribution in [-0.2, 0) is 16.1 Å². The molecule has 1 N–H and O–H groups in total. The van der Waals surface area contributed by atoms with Gasteiger partial charge in [-0.3, -0.25) is 9.59 Å². The Morgan fingerprint density at radius 2 is 2.19 bits per heavy atom. The van der Waals surface area contributed by atoms with Gasteiger partial charge in [-0.25, -0.2) is 4.39 Å². The molecular formula is C15H18ClFN2O2. The molecule has 1 heterocycles. The van der Waals surface area contributed by atoms with Crippen LogP contribution in [0.25, 0.3) is 0 Å². The van der Waals surface area contributed by atoms with E-state index in [9.17, 15) is 14.0 Å². The number of halogens is 2. The van der Waals surface area contributed by atoms with E-state index in [4.69, 9.17) is 11.6 Å². The molecule has 1 fully saturated rings. The van der Waals surface area contributed by atoms with E-state index in [1.165, 1.54) is 11.0 Å². The lowest BCUT2D eigenvalue weighted by Gasteiger charge is -2.24. The van der Waals surface area contributed by atoms with Crippen LogP contribution in [0.15, 0.2) is 18.2 Å². The van der Waals surface area contributed by atoms with Gasteiger partial charge >= 0.3 is 0 Å². The molecule has 0 saturated carbocycles. The van der Waals surface area contributed by atoms with E-state index in [0.717, 1.165) is 6.42 Å². The number of rotatable bonds is 4. The summed E-state index contributed by atoms with van der Waals surface area (Å²) in [5.74, 6) is -0.819. The van der Waals surface area contributed by atoms with Crippen molar-refractivity contribution in [1.82, 2.24) is 10.2 Å². The zero-order valence-corrected chi connectivity index (χ0v) is 12.6. The molecule has 6 heteroatoms. The molecule has 0 aromatic heterocycles. The molecule has 1 atom stereocenters. The Balaban J connectivity index is 2.19. The fourth-order valence-corrected chi connectivity index (χ4v) is 2.61. The van der Waals surface area contributed by atoms with Crippen molar-refractivity contribution in [2.75, 3.05) is 6.54 Å². The Morgan fingerprint density at radius 3 is 2.90 bits per heavy atom. The minimum absolute atomic E-state index is 0.0362. The lowest BCUT2D eigenvalue weighted by atomic mass is 10.1. The fraction of sp³-hybridized carbons (Fsp3) is 0.467. The highest BCUT2D eigenvalue weighted by atomic mass is 35.5.